The molecule has 1 aromatic carbocycles. The number of benzene rings is 1. The van der Waals surface area contributed by atoms with Gasteiger partial charge in [0.05, 0.1) is 11.7 Å². The molecule has 5 heteroatoms. The molecule has 0 amide bonds. The zero-order valence-electron chi connectivity index (χ0n) is 11.9. The van der Waals surface area contributed by atoms with E-state index in [-0.39, 0.29) is 11.8 Å². The fourth-order valence-corrected chi connectivity index (χ4v) is 3.80. The van der Waals surface area contributed by atoms with E-state index in [1.54, 1.807) is 0 Å². The Balaban J connectivity index is 1.65. The first-order valence-corrected chi connectivity index (χ1v) is 9.16. The van der Waals surface area contributed by atoms with Gasteiger partial charge in [0, 0.05) is 22.5 Å². The highest BCUT2D eigenvalue weighted by Gasteiger charge is 2.44. The minimum absolute atomic E-state index is 0.0750. The molecular formula is C16H19IN2O2. The molecule has 4 rings (SSSR count). The SMILES string of the molecule is ICC1(Oc2ccc3cnn(C4CCCCO4)c3c2)CC1. The van der Waals surface area contributed by atoms with Gasteiger partial charge >= 0.3 is 0 Å². The molecule has 1 saturated carbocycles. The number of alkyl halides is 1. The van der Waals surface area contributed by atoms with Crippen molar-refractivity contribution in [2.75, 3.05) is 11.0 Å². The average molecular weight is 398 g/mol. The van der Waals surface area contributed by atoms with E-state index in [0.717, 1.165) is 40.5 Å². The fourth-order valence-electron chi connectivity index (χ4n) is 2.88. The van der Waals surface area contributed by atoms with Crippen LogP contribution in [0.25, 0.3) is 10.9 Å². The van der Waals surface area contributed by atoms with Crippen molar-refractivity contribution in [3.05, 3.63) is 24.4 Å². The Kier molecular flexibility index (Phi) is 3.57. The van der Waals surface area contributed by atoms with E-state index in [1.165, 1.54) is 19.3 Å². The number of hydrogen-bond donors (Lipinski definition) is 0. The van der Waals surface area contributed by atoms with Crippen molar-refractivity contribution in [1.82, 2.24) is 9.78 Å². The molecule has 1 saturated heterocycles. The molecule has 4 nitrogen and oxygen atoms in total. The molecule has 0 radical (unpaired) electrons. The van der Waals surface area contributed by atoms with Crippen LogP contribution in [-0.4, -0.2) is 26.4 Å². The zero-order chi connectivity index (χ0) is 14.3. The fraction of sp³-hybridized carbons (Fsp3) is 0.562. The van der Waals surface area contributed by atoms with Crippen molar-refractivity contribution < 1.29 is 9.47 Å². The van der Waals surface area contributed by atoms with Gasteiger partial charge in [-0.05, 0) is 44.2 Å². The van der Waals surface area contributed by atoms with Crippen molar-refractivity contribution in [2.24, 2.45) is 0 Å². The molecule has 0 spiro atoms. The Morgan fingerprint density at radius 1 is 1.38 bits per heavy atom. The number of hydrogen-bond acceptors (Lipinski definition) is 3. The van der Waals surface area contributed by atoms with Gasteiger partial charge in [-0.1, -0.05) is 22.6 Å². The molecule has 21 heavy (non-hydrogen) atoms. The van der Waals surface area contributed by atoms with E-state index >= 15 is 0 Å². The second-order valence-corrected chi connectivity index (χ2v) is 6.81. The zero-order valence-corrected chi connectivity index (χ0v) is 14.1. The molecule has 1 atom stereocenters. The molecule has 2 aromatic rings. The van der Waals surface area contributed by atoms with Crippen LogP contribution in [0, 0.1) is 0 Å². The lowest BCUT2D eigenvalue weighted by Crippen LogP contribution is -2.20. The van der Waals surface area contributed by atoms with Gasteiger partial charge in [-0.15, -0.1) is 0 Å². The lowest BCUT2D eigenvalue weighted by molar-refractivity contribution is -0.0366. The van der Waals surface area contributed by atoms with Crippen LogP contribution in [0.15, 0.2) is 24.4 Å². The Labute approximate surface area is 137 Å². The molecule has 2 heterocycles. The summed E-state index contributed by atoms with van der Waals surface area (Å²) < 4.78 is 15.1. The second-order valence-electron chi connectivity index (χ2n) is 6.05. The van der Waals surface area contributed by atoms with Crippen molar-refractivity contribution in [2.45, 2.75) is 43.9 Å². The third-order valence-electron chi connectivity index (χ3n) is 4.38. The summed E-state index contributed by atoms with van der Waals surface area (Å²) in [7, 11) is 0. The summed E-state index contributed by atoms with van der Waals surface area (Å²) >= 11 is 2.42. The van der Waals surface area contributed by atoms with Crippen LogP contribution >= 0.6 is 22.6 Å². The largest absolute Gasteiger partial charge is 0.486 e. The van der Waals surface area contributed by atoms with Gasteiger partial charge in [-0.2, -0.15) is 5.10 Å². The quantitative estimate of drug-likeness (QED) is 0.575. The van der Waals surface area contributed by atoms with Gasteiger partial charge in [-0.25, -0.2) is 4.68 Å². The number of rotatable bonds is 4. The van der Waals surface area contributed by atoms with Crippen LogP contribution in [0.5, 0.6) is 5.75 Å². The standard InChI is InChI=1S/C16H19IN2O2/c17-11-16(6-7-16)21-13-5-4-12-10-18-19(14(12)9-13)15-3-1-2-8-20-15/h4-5,9-10,15H,1-3,6-8,11H2. The van der Waals surface area contributed by atoms with E-state index in [9.17, 15) is 0 Å². The highest BCUT2D eigenvalue weighted by molar-refractivity contribution is 14.1. The monoisotopic (exact) mass is 398 g/mol. The molecule has 2 fully saturated rings. The summed E-state index contributed by atoms with van der Waals surface area (Å²) in [6.07, 6.45) is 7.73. The average Bonchev–Trinajstić information content (AvgIpc) is 3.18. The van der Waals surface area contributed by atoms with E-state index in [2.05, 4.69) is 45.9 Å². The van der Waals surface area contributed by atoms with Gasteiger partial charge in [0.15, 0.2) is 6.23 Å². The summed E-state index contributed by atoms with van der Waals surface area (Å²) in [6, 6.07) is 6.27. The van der Waals surface area contributed by atoms with Crippen LogP contribution in [0.2, 0.25) is 0 Å². The van der Waals surface area contributed by atoms with Gasteiger partial charge in [0.2, 0.25) is 0 Å². The third kappa shape index (κ3) is 2.65. The third-order valence-corrected chi connectivity index (χ3v) is 5.77. The van der Waals surface area contributed by atoms with Crippen LogP contribution < -0.4 is 4.74 Å². The maximum absolute atomic E-state index is 6.19. The van der Waals surface area contributed by atoms with E-state index in [0.29, 0.717) is 0 Å². The van der Waals surface area contributed by atoms with Crippen LogP contribution in [0.4, 0.5) is 0 Å². The number of aromatic nitrogens is 2. The lowest BCUT2D eigenvalue weighted by atomic mass is 10.2. The first-order valence-electron chi connectivity index (χ1n) is 7.64. The Morgan fingerprint density at radius 2 is 2.29 bits per heavy atom. The molecule has 1 aliphatic heterocycles. The molecule has 0 bridgehead atoms. The summed E-state index contributed by atoms with van der Waals surface area (Å²) in [5.41, 5.74) is 1.20. The van der Waals surface area contributed by atoms with Crippen molar-refractivity contribution in [3.63, 3.8) is 0 Å². The molecule has 112 valence electrons. The maximum Gasteiger partial charge on any atom is 0.150 e. The predicted octanol–water partition coefficient (Wildman–Crippen LogP) is 4.08. The highest BCUT2D eigenvalue weighted by atomic mass is 127. The van der Waals surface area contributed by atoms with Crippen LogP contribution in [0.1, 0.15) is 38.3 Å². The van der Waals surface area contributed by atoms with Gasteiger partial charge in [-0.3, -0.25) is 0 Å². The maximum atomic E-state index is 6.19. The number of halogens is 1. The number of ether oxygens (including phenoxy) is 2. The predicted molar refractivity (Wildman–Crippen MR) is 90.1 cm³/mol. The van der Waals surface area contributed by atoms with Crippen LogP contribution in [-0.2, 0) is 4.74 Å². The smallest absolute Gasteiger partial charge is 0.150 e. The summed E-state index contributed by atoms with van der Waals surface area (Å²) in [5.74, 6) is 0.953. The van der Waals surface area contributed by atoms with Crippen molar-refractivity contribution in [1.29, 1.82) is 0 Å². The molecule has 2 aliphatic rings. The summed E-state index contributed by atoms with van der Waals surface area (Å²) in [6.45, 7) is 0.833. The molecule has 1 aromatic heterocycles. The van der Waals surface area contributed by atoms with E-state index in [4.69, 9.17) is 9.47 Å². The van der Waals surface area contributed by atoms with Crippen molar-refractivity contribution in [3.8, 4) is 5.75 Å². The van der Waals surface area contributed by atoms with Gasteiger partial charge in [0.1, 0.15) is 11.4 Å². The van der Waals surface area contributed by atoms with E-state index in [1.807, 2.05) is 10.9 Å². The minimum Gasteiger partial charge on any atom is -0.486 e. The van der Waals surface area contributed by atoms with Gasteiger partial charge < -0.3 is 9.47 Å². The first-order chi connectivity index (χ1) is 10.3. The Hall–Kier alpha value is -0.820. The highest BCUT2D eigenvalue weighted by Crippen LogP contribution is 2.42. The first kappa shape index (κ1) is 13.8. The molecule has 1 unspecified atom stereocenters. The van der Waals surface area contributed by atoms with E-state index < -0.39 is 0 Å². The lowest BCUT2D eigenvalue weighted by Gasteiger charge is -2.23. The Bertz CT molecular complexity index is 645. The second kappa shape index (κ2) is 5.43. The molecule has 0 N–H and O–H groups in total. The normalized spacial score (nSPS) is 24.1. The number of fused-ring (bicyclic) bond motifs is 1. The topological polar surface area (TPSA) is 36.3 Å². The molecular weight excluding hydrogens is 379 g/mol. The van der Waals surface area contributed by atoms with Crippen molar-refractivity contribution >= 4 is 33.5 Å². The van der Waals surface area contributed by atoms with Crippen LogP contribution in [0.3, 0.4) is 0 Å². The Morgan fingerprint density at radius 3 is 3.00 bits per heavy atom. The minimum atomic E-state index is 0.0750. The van der Waals surface area contributed by atoms with Gasteiger partial charge in [0.25, 0.3) is 0 Å². The number of nitrogens with zero attached hydrogens (tertiary/aromatic N) is 2. The summed E-state index contributed by atoms with van der Waals surface area (Å²) in [5, 5.41) is 5.68. The molecule has 1 aliphatic carbocycles. The summed E-state index contributed by atoms with van der Waals surface area (Å²) in [4.78, 5) is 0.